The first-order valence-electron chi connectivity index (χ1n) is 5.03. The minimum absolute atomic E-state index is 0.351. The minimum Gasteiger partial charge on any atom is -0.465 e. The van der Waals surface area contributed by atoms with E-state index in [2.05, 4.69) is 16.6 Å². The number of methoxy groups -OCH3 is 1. The van der Waals surface area contributed by atoms with Crippen LogP contribution in [0.5, 0.6) is 0 Å². The van der Waals surface area contributed by atoms with Crippen molar-refractivity contribution in [1.82, 2.24) is 0 Å². The second-order valence-electron chi connectivity index (χ2n) is 3.30. The highest BCUT2D eigenvalue weighted by molar-refractivity contribution is 5.89. The lowest BCUT2D eigenvalue weighted by atomic mass is 10.1. The molecule has 0 radical (unpaired) electrons. The molecule has 0 spiro atoms. The molecule has 0 bridgehead atoms. The van der Waals surface area contributed by atoms with Crippen molar-refractivity contribution >= 4 is 5.97 Å². The van der Waals surface area contributed by atoms with Crippen LogP contribution >= 0.6 is 0 Å². The quantitative estimate of drug-likeness (QED) is 0.554. The molecule has 1 aromatic heterocycles. The van der Waals surface area contributed by atoms with E-state index in [0.29, 0.717) is 11.3 Å². The summed E-state index contributed by atoms with van der Waals surface area (Å²) in [6.07, 6.45) is 1.57. The number of hydrogen-bond acceptors (Lipinski definition) is 3. The van der Waals surface area contributed by atoms with E-state index in [4.69, 9.17) is 4.42 Å². The summed E-state index contributed by atoms with van der Waals surface area (Å²) in [5.74, 6) is 6.07. The molecule has 0 aliphatic carbocycles. The summed E-state index contributed by atoms with van der Waals surface area (Å²) in [7, 11) is 1.35. The Labute approximate surface area is 99.0 Å². The average Bonchev–Trinajstić information content (AvgIpc) is 2.89. The second-order valence-corrected chi connectivity index (χ2v) is 3.30. The lowest BCUT2D eigenvalue weighted by Gasteiger charge is -1.97. The summed E-state index contributed by atoms with van der Waals surface area (Å²) in [5, 5.41) is 0. The molecule has 0 saturated heterocycles. The molecule has 0 unspecified atom stereocenters. The van der Waals surface area contributed by atoms with Gasteiger partial charge < -0.3 is 9.15 Å². The third-order valence-corrected chi connectivity index (χ3v) is 2.16. The van der Waals surface area contributed by atoms with E-state index >= 15 is 0 Å². The van der Waals surface area contributed by atoms with Gasteiger partial charge in [0.1, 0.15) is 0 Å². The SMILES string of the molecule is COC(=O)c1ccc(C#Cc2ccco2)cc1. The van der Waals surface area contributed by atoms with Crippen molar-refractivity contribution in [2.24, 2.45) is 0 Å². The highest BCUT2D eigenvalue weighted by atomic mass is 16.5. The number of hydrogen-bond donors (Lipinski definition) is 0. The van der Waals surface area contributed by atoms with Gasteiger partial charge in [-0.25, -0.2) is 4.79 Å². The molecule has 0 atom stereocenters. The molecule has 2 rings (SSSR count). The maximum Gasteiger partial charge on any atom is 0.337 e. The molecule has 0 saturated carbocycles. The van der Waals surface area contributed by atoms with Crippen LogP contribution in [0, 0.1) is 11.8 Å². The number of esters is 1. The fourth-order valence-corrected chi connectivity index (χ4v) is 1.29. The van der Waals surface area contributed by atoms with Crippen LogP contribution in [0.3, 0.4) is 0 Å². The van der Waals surface area contributed by atoms with Gasteiger partial charge in [-0.15, -0.1) is 0 Å². The first-order valence-corrected chi connectivity index (χ1v) is 5.03. The van der Waals surface area contributed by atoms with Gasteiger partial charge >= 0.3 is 5.97 Å². The van der Waals surface area contributed by atoms with Gasteiger partial charge in [-0.05, 0) is 42.3 Å². The van der Waals surface area contributed by atoms with Gasteiger partial charge in [0.2, 0.25) is 0 Å². The molecule has 0 aliphatic heterocycles. The molecule has 0 fully saturated rings. The standard InChI is InChI=1S/C14H10O3/c1-16-14(15)12-7-4-11(5-8-12)6-9-13-3-2-10-17-13/h2-5,7-8,10H,1H3. The van der Waals surface area contributed by atoms with E-state index in [1.165, 1.54) is 7.11 Å². The van der Waals surface area contributed by atoms with Crippen LogP contribution in [-0.2, 0) is 4.74 Å². The maximum atomic E-state index is 11.2. The topological polar surface area (TPSA) is 39.4 Å². The molecule has 84 valence electrons. The Kier molecular flexibility index (Phi) is 3.27. The van der Waals surface area contributed by atoms with Crippen LogP contribution in [-0.4, -0.2) is 13.1 Å². The Bertz CT molecular complexity index is 554. The monoisotopic (exact) mass is 226 g/mol. The third-order valence-electron chi connectivity index (χ3n) is 2.16. The third kappa shape index (κ3) is 2.76. The Morgan fingerprint density at radius 1 is 1.18 bits per heavy atom. The highest BCUT2D eigenvalue weighted by Gasteiger charge is 2.02. The number of ether oxygens (including phenoxy) is 1. The Morgan fingerprint density at radius 2 is 1.94 bits per heavy atom. The van der Waals surface area contributed by atoms with Crippen LogP contribution in [0.15, 0.2) is 47.1 Å². The molecule has 0 amide bonds. The molecular weight excluding hydrogens is 216 g/mol. The van der Waals surface area contributed by atoms with Crippen molar-refractivity contribution in [3.63, 3.8) is 0 Å². The lowest BCUT2D eigenvalue weighted by Crippen LogP contribution is -2.00. The number of rotatable bonds is 1. The van der Waals surface area contributed by atoms with Gasteiger partial charge in [-0.2, -0.15) is 0 Å². The normalized spacial score (nSPS) is 9.24. The molecular formula is C14H10O3. The van der Waals surface area contributed by atoms with Crippen molar-refractivity contribution in [3.8, 4) is 11.8 Å². The first-order chi connectivity index (χ1) is 8.29. The zero-order valence-electron chi connectivity index (χ0n) is 9.27. The number of carbonyl (C=O) groups is 1. The van der Waals surface area contributed by atoms with Crippen LogP contribution in [0.4, 0.5) is 0 Å². The van der Waals surface area contributed by atoms with Gasteiger partial charge in [0.15, 0.2) is 5.76 Å². The first kappa shape index (κ1) is 11.0. The summed E-state index contributed by atoms with van der Waals surface area (Å²) in [4.78, 5) is 11.2. The summed E-state index contributed by atoms with van der Waals surface area (Å²) < 4.78 is 9.69. The molecule has 17 heavy (non-hydrogen) atoms. The molecule has 3 nitrogen and oxygen atoms in total. The van der Waals surface area contributed by atoms with E-state index in [-0.39, 0.29) is 5.97 Å². The van der Waals surface area contributed by atoms with Crippen molar-refractivity contribution in [2.45, 2.75) is 0 Å². The van der Waals surface area contributed by atoms with Gasteiger partial charge in [-0.3, -0.25) is 0 Å². The second kappa shape index (κ2) is 5.04. The van der Waals surface area contributed by atoms with E-state index in [0.717, 1.165) is 5.56 Å². The average molecular weight is 226 g/mol. The number of carbonyl (C=O) groups excluding carboxylic acids is 1. The van der Waals surface area contributed by atoms with Crippen LogP contribution < -0.4 is 0 Å². The predicted octanol–water partition coefficient (Wildman–Crippen LogP) is 2.47. The molecule has 1 aromatic carbocycles. The highest BCUT2D eigenvalue weighted by Crippen LogP contribution is 2.05. The van der Waals surface area contributed by atoms with Crippen molar-refractivity contribution in [3.05, 3.63) is 59.5 Å². The zero-order valence-corrected chi connectivity index (χ0v) is 9.27. The summed E-state index contributed by atoms with van der Waals surface area (Å²) in [6.45, 7) is 0. The van der Waals surface area contributed by atoms with E-state index in [1.807, 2.05) is 0 Å². The van der Waals surface area contributed by atoms with Crippen LogP contribution in [0.1, 0.15) is 21.7 Å². The van der Waals surface area contributed by atoms with Crippen LogP contribution in [0.25, 0.3) is 0 Å². The predicted molar refractivity (Wildman–Crippen MR) is 62.5 cm³/mol. The summed E-state index contributed by atoms with van der Waals surface area (Å²) in [5.41, 5.74) is 1.32. The fourth-order valence-electron chi connectivity index (χ4n) is 1.29. The molecule has 2 aromatic rings. The van der Waals surface area contributed by atoms with Crippen molar-refractivity contribution in [2.75, 3.05) is 7.11 Å². The van der Waals surface area contributed by atoms with E-state index in [9.17, 15) is 4.79 Å². The molecule has 0 aliphatic rings. The summed E-state index contributed by atoms with van der Waals surface area (Å²) >= 11 is 0. The van der Waals surface area contributed by atoms with Gasteiger partial charge in [0.05, 0.1) is 18.9 Å². The Morgan fingerprint density at radius 3 is 2.53 bits per heavy atom. The maximum absolute atomic E-state index is 11.2. The van der Waals surface area contributed by atoms with Crippen LogP contribution in [0.2, 0.25) is 0 Å². The lowest BCUT2D eigenvalue weighted by molar-refractivity contribution is 0.0601. The van der Waals surface area contributed by atoms with E-state index in [1.54, 1.807) is 42.7 Å². The van der Waals surface area contributed by atoms with E-state index < -0.39 is 0 Å². The number of benzene rings is 1. The van der Waals surface area contributed by atoms with Crippen molar-refractivity contribution in [1.29, 1.82) is 0 Å². The minimum atomic E-state index is -0.351. The summed E-state index contributed by atoms with van der Waals surface area (Å²) in [6, 6.07) is 10.5. The smallest absolute Gasteiger partial charge is 0.337 e. The van der Waals surface area contributed by atoms with Gasteiger partial charge in [0, 0.05) is 5.56 Å². The Hall–Kier alpha value is -2.47. The Balaban J connectivity index is 2.16. The fraction of sp³-hybridized carbons (Fsp3) is 0.0714. The molecule has 1 heterocycles. The molecule has 0 N–H and O–H groups in total. The largest absolute Gasteiger partial charge is 0.465 e. The van der Waals surface area contributed by atoms with Crippen molar-refractivity contribution < 1.29 is 13.9 Å². The zero-order chi connectivity index (χ0) is 12.1. The van der Waals surface area contributed by atoms with Gasteiger partial charge in [-0.1, -0.05) is 5.92 Å². The van der Waals surface area contributed by atoms with Gasteiger partial charge in [0.25, 0.3) is 0 Å². The number of furan rings is 1. The molecule has 3 heteroatoms.